The van der Waals surface area contributed by atoms with Crippen molar-refractivity contribution in [1.82, 2.24) is 5.32 Å². The first-order valence-electron chi connectivity index (χ1n) is 13.2. The molecule has 1 aliphatic heterocycles. The Morgan fingerprint density at radius 1 is 0.919 bits per heavy atom. The lowest BCUT2D eigenvalue weighted by atomic mass is 9.68. The van der Waals surface area contributed by atoms with Gasteiger partial charge < -0.3 is 19.5 Å². The van der Waals surface area contributed by atoms with Crippen LogP contribution in [0.25, 0.3) is 0 Å². The number of rotatable bonds is 6. The van der Waals surface area contributed by atoms with Gasteiger partial charge in [-0.1, -0.05) is 55.0 Å². The van der Waals surface area contributed by atoms with Gasteiger partial charge in [0.25, 0.3) is 0 Å². The Morgan fingerprint density at radius 3 is 2.38 bits per heavy atom. The summed E-state index contributed by atoms with van der Waals surface area (Å²) in [5, 5.41) is 3.43. The molecule has 3 unspecified atom stereocenters. The van der Waals surface area contributed by atoms with Crippen LogP contribution in [0.4, 0.5) is 0 Å². The zero-order valence-electron chi connectivity index (χ0n) is 21.8. The van der Waals surface area contributed by atoms with Gasteiger partial charge in [0.05, 0.1) is 25.7 Å². The van der Waals surface area contributed by atoms with Crippen LogP contribution in [0.3, 0.4) is 0 Å². The quantitative estimate of drug-likeness (QED) is 0.505. The molecule has 3 aliphatic rings. The number of carbonyl (C=O) groups is 2. The molecule has 194 valence electrons. The van der Waals surface area contributed by atoms with Crippen molar-refractivity contribution in [2.24, 2.45) is 5.92 Å². The molecule has 0 saturated heterocycles. The van der Waals surface area contributed by atoms with E-state index in [1.165, 1.54) is 6.42 Å². The van der Waals surface area contributed by atoms with E-state index >= 15 is 0 Å². The fraction of sp³-hybridized carbons (Fsp3) is 0.419. The summed E-state index contributed by atoms with van der Waals surface area (Å²) in [6.45, 7) is 1.89. The van der Waals surface area contributed by atoms with Crippen molar-refractivity contribution < 1.29 is 23.8 Å². The molecule has 6 heteroatoms. The van der Waals surface area contributed by atoms with Crippen LogP contribution in [-0.2, 0) is 14.3 Å². The van der Waals surface area contributed by atoms with Gasteiger partial charge in [-0.3, -0.25) is 4.79 Å². The molecule has 2 aromatic carbocycles. The molecule has 5 rings (SSSR count). The number of ketones is 1. The second kappa shape index (κ2) is 10.8. The fourth-order valence-corrected chi connectivity index (χ4v) is 6.15. The van der Waals surface area contributed by atoms with Gasteiger partial charge in [0, 0.05) is 35.2 Å². The predicted octanol–water partition coefficient (Wildman–Crippen LogP) is 5.80. The largest absolute Gasteiger partial charge is 0.493 e. The molecule has 2 aromatic rings. The lowest BCUT2D eigenvalue weighted by Crippen LogP contribution is -2.42. The summed E-state index contributed by atoms with van der Waals surface area (Å²) in [5.74, 6) is -0.287. The Morgan fingerprint density at radius 2 is 1.68 bits per heavy atom. The highest BCUT2D eigenvalue weighted by molar-refractivity contribution is 5.96. The van der Waals surface area contributed by atoms with E-state index in [1.54, 1.807) is 14.2 Å². The molecule has 0 radical (unpaired) electrons. The topological polar surface area (TPSA) is 73.9 Å². The van der Waals surface area contributed by atoms with Crippen LogP contribution in [0, 0.1) is 5.92 Å². The number of Topliss-reactive ketones (excluding diaryl/α,β-unsaturated/α-hetero) is 1. The number of carbonyl (C=O) groups excluding carboxylic acids is 2. The number of benzene rings is 2. The van der Waals surface area contributed by atoms with Crippen molar-refractivity contribution >= 4 is 11.8 Å². The molecule has 0 aromatic heterocycles. The number of allylic oxidation sites excluding steroid dienone is 3. The van der Waals surface area contributed by atoms with Crippen LogP contribution in [0.2, 0.25) is 0 Å². The Labute approximate surface area is 218 Å². The average molecular weight is 502 g/mol. The number of para-hydroxylation sites is 1. The fourth-order valence-electron chi connectivity index (χ4n) is 6.15. The second-order valence-electron chi connectivity index (χ2n) is 10.2. The van der Waals surface area contributed by atoms with Crippen molar-refractivity contribution in [3.63, 3.8) is 0 Å². The molecule has 37 heavy (non-hydrogen) atoms. The lowest BCUT2D eigenvalue weighted by Gasteiger charge is -2.40. The van der Waals surface area contributed by atoms with Crippen molar-refractivity contribution in [3.05, 3.63) is 82.7 Å². The van der Waals surface area contributed by atoms with E-state index in [4.69, 9.17) is 14.2 Å². The molecule has 2 aliphatic carbocycles. The number of hydrogen-bond acceptors (Lipinski definition) is 6. The molecule has 3 atom stereocenters. The van der Waals surface area contributed by atoms with Crippen molar-refractivity contribution in [2.45, 2.75) is 63.4 Å². The van der Waals surface area contributed by atoms with Crippen LogP contribution < -0.4 is 14.8 Å². The number of nitrogens with one attached hydrogen (secondary N) is 1. The summed E-state index contributed by atoms with van der Waals surface area (Å²) >= 11 is 0. The third-order valence-corrected chi connectivity index (χ3v) is 7.91. The van der Waals surface area contributed by atoms with Gasteiger partial charge in [-0.15, -0.1) is 0 Å². The maximum absolute atomic E-state index is 13.9. The first kappa shape index (κ1) is 25.1. The smallest absolute Gasteiger partial charge is 0.336 e. The number of esters is 1. The van der Waals surface area contributed by atoms with Crippen molar-refractivity contribution in [3.8, 4) is 11.5 Å². The molecule has 0 amide bonds. The Balaban J connectivity index is 1.61. The molecular formula is C31H35NO5. The van der Waals surface area contributed by atoms with E-state index in [9.17, 15) is 9.59 Å². The van der Waals surface area contributed by atoms with Gasteiger partial charge in [-0.2, -0.15) is 0 Å². The molecule has 0 bridgehead atoms. The van der Waals surface area contributed by atoms with Gasteiger partial charge in [0.15, 0.2) is 11.5 Å². The monoisotopic (exact) mass is 501 g/mol. The minimum Gasteiger partial charge on any atom is -0.493 e. The lowest BCUT2D eigenvalue weighted by molar-refractivity contribution is -0.146. The molecule has 1 fully saturated rings. The minimum atomic E-state index is -0.544. The molecule has 1 N–H and O–H groups in total. The summed E-state index contributed by atoms with van der Waals surface area (Å²) in [6.07, 6.45) is 7.49. The maximum atomic E-state index is 13.9. The number of fused-ring (bicyclic) bond motifs is 1. The van der Waals surface area contributed by atoms with E-state index in [0.717, 1.165) is 42.5 Å². The SMILES string of the molecule is COc1cccc(C2C(C(=O)OC3CCCCC3)=C(C)NC3=CC(c4ccccc4)CC(=O)C32)c1OC. The second-order valence-corrected chi connectivity index (χ2v) is 10.2. The third-order valence-electron chi connectivity index (χ3n) is 7.91. The summed E-state index contributed by atoms with van der Waals surface area (Å²) in [4.78, 5) is 27.6. The summed E-state index contributed by atoms with van der Waals surface area (Å²) in [7, 11) is 3.18. The minimum absolute atomic E-state index is 0.0242. The Hall–Kier alpha value is -3.54. The van der Waals surface area contributed by atoms with Crippen molar-refractivity contribution in [1.29, 1.82) is 0 Å². The summed E-state index contributed by atoms with van der Waals surface area (Å²) < 4.78 is 17.4. The van der Waals surface area contributed by atoms with Crippen LogP contribution in [0.1, 0.15) is 68.4 Å². The molecule has 6 nitrogen and oxygen atoms in total. The van der Waals surface area contributed by atoms with Gasteiger partial charge in [-0.25, -0.2) is 4.79 Å². The highest BCUT2D eigenvalue weighted by atomic mass is 16.5. The first-order chi connectivity index (χ1) is 18.0. The third kappa shape index (κ3) is 4.89. The number of hydrogen-bond donors (Lipinski definition) is 1. The molecular weight excluding hydrogens is 466 g/mol. The van der Waals surface area contributed by atoms with Gasteiger partial charge in [0.1, 0.15) is 11.9 Å². The Kier molecular flexibility index (Phi) is 7.36. The molecule has 0 spiro atoms. The van der Waals surface area contributed by atoms with Crippen LogP contribution >= 0.6 is 0 Å². The van der Waals surface area contributed by atoms with Gasteiger partial charge in [-0.05, 0) is 44.2 Å². The molecule has 1 heterocycles. The molecule has 1 saturated carbocycles. The van der Waals surface area contributed by atoms with E-state index in [-0.39, 0.29) is 23.8 Å². The van der Waals surface area contributed by atoms with E-state index in [1.807, 2.05) is 43.3 Å². The van der Waals surface area contributed by atoms with Gasteiger partial charge in [0.2, 0.25) is 0 Å². The average Bonchev–Trinajstić information content (AvgIpc) is 2.92. The first-order valence-corrected chi connectivity index (χ1v) is 13.2. The zero-order valence-corrected chi connectivity index (χ0v) is 21.8. The maximum Gasteiger partial charge on any atom is 0.336 e. The summed E-state index contributed by atoms with van der Waals surface area (Å²) in [6, 6.07) is 15.7. The van der Waals surface area contributed by atoms with E-state index in [2.05, 4.69) is 23.5 Å². The van der Waals surface area contributed by atoms with Gasteiger partial charge >= 0.3 is 5.97 Å². The standard InChI is InChI=1S/C31H35NO5/c1-19-27(31(34)37-22-13-8-5-9-14-22)28(23-15-10-16-26(35-2)30(23)36-3)29-24(32-19)17-21(18-25(29)33)20-11-6-4-7-12-20/h4,6-7,10-12,15-17,21-22,28-29,32H,5,8-9,13-14,18H2,1-3H3. The number of methoxy groups -OCH3 is 2. The predicted molar refractivity (Wildman–Crippen MR) is 141 cm³/mol. The number of ether oxygens (including phenoxy) is 3. The van der Waals surface area contributed by atoms with Crippen molar-refractivity contribution in [2.75, 3.05) is 14.2 Å². The summed E-state index contributed by atoms with van der Waals surface area (Å²) in [5.41, 5.74) is 3.88. The van der Waals surface area contributed by atoms with E-state index < -0.39 is 11.8 Å². The zero-order chi connectivity index (χ0) is 25.9. The van der Waals surface area contributed by atoms with Crippen LogP contribution in [0.5, 0.6) is 11.5 Å². The van der Waals surface area contributed by atoms with Crippen LogP contribution in [0.15, 0.2) is 71.6 Å². The normalized spacial score (nSPS) is 24.0. The van der Waals surface area contributed by atoms with Crippen LogP contribution in [-0.4, -0.2) is 32.1 Å². The highest BCUT2D eigenvalue weighted by Crippen LogP contribution is 2.50. The Bertz CT molecular complexity index is 1230. The van der Waals surface area contributed by atoms with E-state index in [0.29, 0.717) is 29.2 Å². The highest BCUT2D eigenvalue weighted by Gasteiger charge is 2.46.